The van der Waals surface area contributed by atoms with Gasteiger partial charge in [0.1, 0.15) is 17.3 Å². The molecular formula is C27H31ClN2O6. The lowest BCUT2D eigenvalue weighted by atomic mass is 9.95. The summed E-state index contributed by atoms with van der Waals surface area (Å²) in [6.45, 7) is 9.91. The van der Waals surface area contributed by atoms with Gasteiger partial charge in [-0.15, -0.1) is 0 Å². The Labute approximate surface area is 216 Å². The second-order valence-electron chi connectivity index (χ2n) is 8.26. The van der Waals surface area contributed by atoms with Gasteiger partial charge in [-0.05, 0) is 55.9 Å². The van der Waals surface area contributed by atoms with E-state index in [2.05, 4.69) is 4.90 Å². The molecule has 1 aliphatic heterocycles. The number of halogens is 1. The van der Waals surface area contributed by atoms with Gasteiger partial charge in [0.2, 0.25) is 0 Å². The van der Waals surface area contributed by atoms with Crippen LogP contribution in [0.5, 0.6) is 11.5 Å². The first kappa shape index (κ1) is 27.2. The lowest BCUT2D eigenvalue weighted by Gasteiger charge is -2.28. The van der Waals surface area contributed by atoms with Crippen LogP contribution in [0.2, 0.25) is 5.02 Å². The number of aliphatic hydroxyl groups is 1. The fourth-order valence-corrected chi connectivity index (χ4v) is 4.40. The van der Waals surface area contributed by atoms with E-state index >= 15 is 0 Å². The molecule has 1 saturated heterocycles. The highest BCUT2D eigenvalue weighted by Crippen LogP contribution is 2.41. The first-order valence-electron chi connectivity index (χ1n) is 11.9. The second kappa shape index (κ2) is 12.1. The number of nitrogens with zero attached hydrogens (tertiary/aromatic N) is 2. The van der Waals surface area contributed by atoms with Gasteiger partial charge in [0.15, 0.2) is 0 Å². The molecule has 9 heteroatoms. The molecule has 1 amide bonds. The minimum atomic E-state index is -0.873. The number of carbonyl (C=O) groups is 3. The van der Waals surface area contributed by atoms with Crippen LogP contribution in [0.3, 0.4) is 0 Å². The molecule has 8 nitrogen and oxygen atoms in total. The fourth-order valence-electron chi connectivity index (χ4n) is 4.23. The maximum Gasteiger partial charge on any atom is 0.308 e. The van der Waals surface area contributed by atoms with Gasteiger partial charge < -0.3 is 24.4 Å². The number of benzene rings is 2. The summed E-state index contributed by atoms with van der Waals surface area (Å²) in [5, 5.41) is 11.7. The molecule has 0 bridgehead atoms. The van der Waals surface area contributed by atoms with Crippen LogP contribution in [0.25, 0.3) is 5.76 Å². The van der Waals surface area contributed by atoms with E-state index < -0.39 is 23.7 Å². The van der Waals surface area contributed by atoms with Crippen LogP contribution >= 0.6 is 11.6 Å². The molecule has 1 aliphatic rings. The molecule has 0 radical (unpaired) electrons. The van der Waals surface area contributed by atoms with Crippen LogP contribution in [-0.4, -0.2) is 65.4 Å². The molecule has 3 rings (SSSR count). The first-order chi connectivity index (χ1) is 17.2. The summed E-state index contributed by atoms with van der Waals surface area (Å²) < 4.78 is 10.8. The molecule has 192 valence electrons. The number of ether oxygens (including phenoxy) is 2. The minimum Gasteiger partial charge on any atom is -0.507 e. The van der Waals surface area contributed by atoms with Gasteiger partial charge in [-0.25, -0.2) is 0 Å². The number of hydrogen-bond donors (Lipinski definition) is 1. The lowest BCUT2D eigenvalue weighted by Crippen LogP contribution is -2.38. The zero-order valence-corrected chi connectivity index (χ0v) is 21.7. The van der Waals surface area contributed by atoms with Crippen molar-refractivity contribution in [1.29, 1.82) is 0 Å². The van der Waals surface area contributed by atoms with E-state index in [1.165, 1.54) is 17.9 Å². The molecule has 1 heterocycles. The van der Waals surface area contributed by atoms with E-state index in [1.807, 2.05) is 13.8 Å². The predicted octanol–water partition coefficient (Wildman–Crippen LogP) is 4.43. The number of hydrogen-bond acceptors (Lipinski definition) is 7. The van der Waals surface area contributed by atoms with Crippen LogP contribution < -0.4 is 9.47 Å². The molecule has 2 aromatic rings. The van der Waals surface area contributed by atoms with Gasteiger partial charge in [0.25, 0.3) is 11.7 Å². The predicted molar refractivity (Wildman–Crippen MR) is 137 cm³/mol. The summed E-state index contributed by atoms with van der Waals surface area (Å²) >= 11 is 6.20. The summed E-state index contributed by atoms with van der Waals surface area (Å²) in [4.78, 5) is 41.6. The highest BCUT2D eigenvalue weighted by atomic mass is 35.5. The number of amides is 1. The largest absolute Gasteiger partial charge is 0.507 e. The molecule has 0 aliphatic carbocycles. The van der Waals surface area contributed by atoms with Gasteiger partial charge in [-0.2, -0.15) is 0 Å². The Morgan fingerprint density at radius 1 is 1.11 bits per heavy atom. The molecule has 2 aromatic carbocycles. The smallest absolute Gasteiger partial charge is 0.308 e. The van der Waals surface area contributed by atoms with Crippen molar-refractivity contribution in [2.45, 2.75) is 33.7 Å². The number of ketones is 1. The summed E-state index contributed by atoms with van der Waals surface area (Å²) in [6, 6.07) is 10.4. The van der Waals surface area contributed by atoms with Crippen molar-refractivity contribution in [3.8, 4) is 11.5 Å². The van der Waals surface area contributed by atoms with Crippen LogP contribution in [0.1, 0.15) is 44.9 Å². The summed E-state index contributed by atoms with van der Waals surface area (Å²) in [5.74, 6) is -1.69. The Balaban J connectivity index is 2.15. The standard InChI is InChI=1S/C27H31ClN2O6/c1-5-29(6-2)13-14-30-24(18-9-8-10-20(15-18)36-17(4)31)23(26(33)27(30)34)25(32)19-11-12-21(28)22(16-19)35-7-3/h8-12,15-16,24,32H,5-7,13-14H2,1-4H3/b25-23-. The van der Waals surface area contributed by atoms with E-state index in [0.29, 0.717) is 35.1 Å². The van der Waals surface area contributed by atoms with E-state index in [1.54, 1.807) is 43.3 Å². The van der Waals surface area contributed by atoms with Gasteiger partial charge >= 0.3 is 5.97 Å². The van der Waals surface area contributed by atoms with Gasteiger partial charge in [-0.3, -0.25) is 14.4 Å². The Hall–Kier alpha value is -3.36. The average molecular weight is 515 g/mol. The maximum atomic E-state index is 13.3. The van der Waals surface area contributed by atoms with Gasteiger partial charge in [-0.1, -0.05) is 37.6 Å². The van der Waals surface area contributed by atoms with Gasteiger partial charge in [0.05, 0.1) is 23.2 Å². The van der Waals surface area contributed by atoms with E-state index in [9.17, 15) is 19.5 Å². The summed E-state index contributed by atoms with van der Waals surface area (Å²) in [5.41, 5.74) is 0.781. The second-order valence-corrected chi connectivity index (χ2v) is 8.67. The molecule has 1 fully saturated rings. The van der Waals surface area contributed by atoms with Crippen LogP contribution in [0, 0.1) is 0 Å². The third kappa shape index (κ3) is 5.88. The van der Waals surface area contributed by atoms with Crippen LogP contribution in [-0.2, 0) is 14.4 Å². The van der Waals surface area contributed by atoms with Crippen molar-refractivity contribution in [3.63, 3.8) is 0 Å². The Bertz CT molecular complexity index is 1170. The maximum absolute atomic E-state index is 13.3. The monoisotopic (exact) mass is 514 g/mol. The molecule has 1 unspecified atom stereocenters. The van der Waals surface area contributed by atoms with Crippen molar-refractivity contribution in [1.82, 2.24) is 9.80 Å². The number of carbonyl (C=O) groups excluding carboxylic acids is 3. The average Bonchev–Trinajstić information content (AvgIpc) is 3.10. The number of aliphatic hydroxyl groups excluding tert-OH is 1. The number of likely N-dealkylation sites (tertiary alicyclic amines) is 1. The Kier molecular flexibility index (Phi) is 9.12. The van der Waals surface area contributed by atoms with Crippen molar-refractivity contribution in [2.24, 2.45) is 0 Å². The highest BCUT2D eigenvalue weighted by molar-refractivity contribution is 6.46. The normalized spacial score (nSPS) is 17.1. The summed E-state index contributed by atoms with van der Waals surface area (Å²) in [7, 11) is 0. The van der Waals surface area contributed by atoms with E-state index in [0.717, 1.165) is 13.1 Å². The van der Waals surface area contributed by atoms with E-state index in [4.69, 9.17) is 21.1 Å². The molecule has 0 saturated carbocycles. The summed E-state index contributed by atoms with van der Waals surface area (Å²) in [6.07, 6.45) is 0. The number of esters is 1. The Morgan fingerprint density at radius 2 is 1.83 bits per heavy atom. The fraction of sp³-hybridized carbons (Fsp3) is 0.370. The zero-order valence-electron chi connectivity index (χ0n) is 20.9. The van der Waals surface area contributed by atoms with Crippen molar-refractivity contribution < 1.29 is 29.0 Å². The quantitative estimate of drug-likeness (QED) is 0.165. The topological polar surface area (TPSA) is 96.4 Å². The Morgan fingerprint density at radius 3 is 2.47 bits per heavy atom. The number of Topliss-reactive ketones (excluding diaryl/α,β-unsaturated/α-hetero) is 1. The molecule has 1 atom stereocenters. The molecule has 0 spiro atoms. The molecule has 36 heavy (non-hydrogen) atoms. The van der Waals surface area contributed by atoms with Crippen molar-refractivity contribution >= 4 is 35.0 Å². The zero-order chi connectivity index (χ0) is 26.4. The molecular weight excluding hydrogens is 484 g/mol. The van der Waals surface area contributed by atoms with Crippen LogP contribution in [0.15, 0.2) is 48.0 Å². The first-order valence-corrected chi connectivity index (χ1v) is 12.3. The van der Waals surface area contributed by atoms with Crippen molar-refractivity contribution in [2.75, 3.05) is 32.8 Å². The third-order valence-corrected chi connectivity index (χ3v) is 6.34. The number of rotatable bonds is 10. The molecule has 1 N–H and O–H groups in total. The third-order valence-electron chi connectivity index (χ3n) is 6.03. The van der Waals surface area contributed by atoms with Gasteiger partial charge in [0, 0.05) is 25.6 Å². The SMILES string of the molecule is CCOc1cc(/C(O)=C2/C(=O)C(=O)N(CCN(CC)CC)C2c2cccc(OC(C)=O)c2)ccc1Cl. The van der Waals surface area contributed by atoms with Crippen LogP contribution in [0.4, 0.5) is 0 Å². The number of likely N-dealkylation sites (N-methyl/N-ethyl adjacent to an activating group) is 1. The highest BCUT2D eigenvalue weighted by Gasteiger charge is 2.46. The minimum absolute atomic E-state index is 0.0516. The van der Waals surface area contributed by atoms with Crippen molar-refractivity contribution in [3.05, 3.63) is 64.2 Å². The van der Waals surface area contributed by atoms with E-state index in [-0.39, 0.29) is 23.6 Å². The molecule has 0 aromatic heterocycles. The lowest BCUT2D eigenvalue weighted by molar-refractivity contribution is -0.140.